The van der Waals surface area contributed by atoms with Gasteiger partial charge in [0.2, 0.25) is 0 Å². The predicted octanol–water partition coefficient (Wildman–Crippen LogP) is 15.8. The van der Waals surface area contributed by atoms with Gasteiger partial charge in [0.15, 0.2) is 0 Å². The molecule has 6 atom stereocenters. The number of hydrogen-bond acceptors (Lipinski definition) is 0. The average Bonchev–Trinajstić information content (AvgIpc) is 3.25. The van der Waals surface area contributed by atoms with Crippen LogP contribution >= 0.6 is 0 Å². The maximum Gasteiger partial charge on any atom is -0.00258 e. The molecule has 0 amide bonds. The van der Waals surface area contributed by atoms with E-state index in [0.29, 0.717) is 35.5 Å². The summed E-state index contributed by atoms with van der Waals surface area (Å²) in [5, 5.41) is 0. The van der Waals surface area contributed by atoms with Gasteiger partial charge in [-0.2, -0.15) is 0 Å². The van der Waals surface area contributed by atoms with Crippen molar-refractivity contribution in [3.63, 3.8) is 0 Å². The van der Waals surface area contributed by atoms with E-state index in [9.17, 15) is 0 Å². The molecule has 6 aromatic rings. The van der Waals surface area contributed by atoms with Crippen LogP contribution in [0.5, 0.6) is 0 Å². The average molecular weight is 751 g/mol. The Labute approximate surface area is 345 Å². The Morgan fingerprint density at radius 2 is 0.456 bits per heavy atom. The van der Waals surface area contributed by atoms with E-state index < -0.39 is 0 Å². The van der Waals surface area contributed by atoms with Gasteiger partial charge >= 0.3 is 0 Å². The van der Waals surface area contributed by atoms with Gasteiger partial charge in [-0.1, -0.05) is 187 Å². The van der Waals surface area contributed by atoms with Gasteiger partial charge in [0.05, 0.1) is 0 Å². The molecular weight excluding hydrogens is 685 g/mol. The molecule has 10 aliphatic carbocycles. The Kier molecular flexibility index (Phi) is 13.6. The Hall–Kier alpha value is -4.68. The first-order valence-electron chi connectivity index (χ1n) is 22.3. The van der Waals surface area contributed by atoms with Crippen LogP contribution in [0, 0.1) is 0 Å². The highest BCUT2D eigenvalue weighted by Gasteiger charge is 2.19. The molecule has 6 aromatic carbocycles. The standard InChI is InChI=1S/C57H66/c1-7-49-34-40(4)52-22-10-43(11-23-52)37-44-12-24-53(25-13-44)41(5)35-50(8-2)56-30-18-47(19-31-56)39-48-20-32-57(33-21-48)51(9-3)36-42(6)54-26-14-45(15-27-54)38-46-16-28-55(49)29-17-46/h10-33,40-42,49-51H,7-9,34-39H2,1-6H3. The van der Waals surface area contributed by atoms with Gasteiger partial charge in [0, 0.05) is 0 Å². The first kappa shape index (κ1) is 40.5. The molecular formula is C57H66. The zero-order valence-corrected chi connectivity index (χ0v) is 35.7. The Morgan fingerprint density at radius 3 is 0.632 bits per heavy atom. The molecule has 12 bridgehead atoms. The van der Waals surface area contributed by atoms with Crippen molar-refractivity contribution in [3.05, 3.63) is 212 Å². The molecule has 0 radical (unpaired) electrons. The van der Waals surface area contributed by atoms with Crippen molar-refractivity contribution >= 4 is 0 Å². The summed E-state index contributed by atoms with van der Waals surface area (Å²) in [5.74, 6) is 3.22. The van der Waals surface area contributed by atoms with E-state index in [4.69, 9.17) is 0 Å². The van der Waals surface area contributed by atoms with Crippen LogP contribution < -0.4 is 0 Å². The van der Waals surface area contributed by atoms with E-state index in [1.807, 2.05) is 0 Å². The van der Waals surface area contributed by atoms with Gasteiger partial charge in [-0.05, 0) is 160 Å². The summed E-state index contributed by atoms with van der Waals surface area (Å²) in [5.41, 5.74) is 17.1. The van der Waals surface area contributed by atoms with Crippen molar-refractivity contribution in [2.45, 2.75) is 135 Å². The van der Waals surface area contributed by atoms with Crippen molar-refractivity contribution in [1.29, 1.82) is 0 Å². The third-order valence-corrected chi connectivity index (χ3v) is 13.6. The largest absolute Gasteiger partial charge is 0.0648 e. The minimum absolute atomic E-state index is 0.514. The fourth-order valence-electron chi connectivity index (χ4n) is 9.63. The van der Waals surface area contributed by atoms with Gasteiger partial charge in [-0.15, -0.1) is 0 Å². The van der Waals surface area contributed by atoms with Crippen molar-refractivity contribution in [1.82, 2.24) is 0 Å². The molecule has 0 saturated heterocycles. The molecule has 0 nitrogen and oxygen atoms in total. The van der Waals surface area contributed by atoms with E-state index in [-0.39, 0.29) is 0 Å². The summed E-state index contributed by atoms with van der Waals surface area (Å²) in [4.78, 5) is 0. The first-order chi connectivity index (χ1) is 27.8. The lowest BCUT2D eigenvalue weighted by Crippen LogP contribution is -2.05. The van der Waals surface area contributed by atoms with Gasteiger partial charge < -0.3 is 0 Å². The van der Waals surface area contributed by atoms with Crippen LogP contribution in [0.3, 0.4) is 0 Å². The summed E-state index contributed by atoms with van der Waals surface area (Å²) >= 11 is 0. The molecule has 0 N–H and O–H groups in total. The number of rotatable bonds is 3. The summed E-state index contributed by atoms with van der Waals surface area (Å²) in [6.07, 6.45) is 9.92. The summed E-state index contributed by atoms with van der Waals surface area (Å²) in [6.45, 7) is 14.3. The highest BCUT2D eigenvalue weighted by molar-refractivity contribution is 5.37. The van der Waals surface area contributed by atoms with Crippen LogP contribution in [-0.2, 0) is 19.3 Å². The predicted molar refractivity (Wildman–Crippen MR) is 245 cm³/mol. The fraction of sp³-hybridized carbons (Fsp3) is 0.368. The third kappa shape index (κ3) is 10.4. The SMILES string of the molecule is CCC1CC(C)c2ccc(cc2)Cc2ccc(cc2)C(C)CC(CC)c2ccc(cc2)Cc2ccc(cc2)C(CC)CC(C)c2ccc(cc2)Cc2ccc1cc2. The van der Waals surface area contributed by atoms with E-state index in [1.54, 1.807) is 0 Å². The minimum Gasteiger partial charge on any atom is -0.0648 e. The monoisotopic (exact) mass is 751 g/mol. The smallest absolute Gasteiger partial charge is 0.00258 e. The zero-order valence-electron chi connectivity index (χ0n) is 35.7. The molecule has 0 spiro atoms. The van der Waals surface area contributed by atoms with Crippen molar-refractivity contribution in [3.8, 4) is 0 Å². The molecule has 294 valence electrons. The summed E-state index contributed by atoms with van der Waals surface area (Å²) in [6, 6.07) is 57.0. The van der Waals surface area contributed by atoms with E-state index in [0.717, 1.165) is 38.5 Å². The molecule has 0 heteroatoms. The lowest BCUT2D eigenvalue weighted by atomic mass is 9.83. The van der Waals surface area contributed by atoms with E-state index in [1.165, 1.54) is 86.0 Å². The van der Waals surface area contributed by atoms with E-state index >= 15 is 0 Å². The molecule has 10 aliphatic rings. The number of benzene rings is 6. The molecule has 57 heavy (non-hydrogen) atoms. The molecule has 0 saturated carbocycles. The Morgan fingerprint density at radius 1 is 0.281 bits per heavy atom. The topological polar surface area (TPSA) is 0 Å². The Bertz CT molecular complexity index is 2100. The van der Waals surface area contributed by atoms with Gasteiger partial charge in [-0.25, -0.2) is 0 Å². The van der Waals surface area contributed by atoms with Crippen LogP contribution in [-0.4, -0.2) is 0 Å². The quantitative estimate of drug-likeness (QED) is 0.169. The van der Waals surface area contributed by atoms with E-state index in [2.05, 4.69) is 187 Å². The normalized spacial score (nSPS) is 22.0. The van der Waals surface area contributed by atoms with Crippen LogP contribution in [0.2, 0.25) is 0 Å². The maximum absolute atomic E-state index is 2.41. The van der Waals surface area contributed by atoms with Crippen LogP contribution in [0.25, 0.3) is 0 Å². The second kappa shape index (κ2) is 19.2. The fourth-order valence-corrected chi connectivity index (χ4v) is 9.63. The molecule has 0 fully saturated rings. The van der Waals surface area contributed by atoms with Crippen LogP contribution in [0.15, 0.2) is 146 Å². The highest BCUT2D eigenvalue weighted by Crippen LogP contribution is 2.36. The Balaban J connectivity index is 1.11. The lowest BCUT2D eigenvalue weighted by molar-refractivity contribution is 0.544. The van der Waals surface area contributed by atoms with Crippen molar-refractivity contribution in [2.75, 3.05) is 0 Å². The van der Waals surface area contributed by atoms with Crippen molar-refractivity contribution < 1.29 is 0 Å². The molecule has 6 unspecified atom stereocenters. The summed E-state index contributed by atoms with van der Waals surface area (Å²) < 4.78 is 0. The molecule has 16 rings (SSSR count). The number of hydrogen-bond donors (Lipinski definition) is 0. The minimum atomic E-state index is 0.514. The summed E-state index contributed by atoms with van der Waals surface area (Å²) in [7, 11) is 0. The molecule has 0 aliphatic heterocycles. The molecule has 0 heterocycles. The highest BCUT2D eigenvalue weighted by atomic mass is 14.2. The van der Waals surface area contributed by atoms with Crippen LogP contribution in [0.1, 0.15) is 182 Å². The van der Waals surface area contributed by atoms with Crippen LogP contribution in [0.4, 0.5) is 0 Å². The van der Waals surface area contributed by atoms with Gasteiger partial charge in [0.25, 0.3) is 0 Å². The van der Waals surface area contributed by atoms with Gasteiger partial charge in [-0.3, -0.25) is 0 Å². The van der Waals surface area contributed by atoms with Gasteiger partial charge in [0.1, 0.15) is 0 Å². The molecule has 0 aromatic heterocycles. The zero-order chi connectivity index (χ0) is 39.7. The second-order valence-corrected chi connectivity index (χ2v) is 17.7. The lowest BCUT2D eigenvalue weighted by Gasteiger charge is -2.22. The second-order valence-electron chi connectivity index (χ2n) is 17.7. The maximum atomic E-state index is 2.41. The third-order valence-electron chi connectivity index (χ3n) is 13.6. The first-order valence-corrected chi connectivity index (χ1v) is 22.3. The van der Waals surface area contributed by atoms with Crippen molar-refractivity contribution in [2.24, 2.45) is 0 Å².